The van der Waals surface area contributed by atoms with Crippen molar-refractivity contribution in [3.8, 4) is 0 Å². The van der Waals surface area contributed by atoms with Gasteiger partial charge in [-0.05, 0) is 35.9 Å². The maximum absolute atomic E-state index is 12.5. The summed E-state index contributed by atoms with van der Waals surface area (Å²) in [6.07, 6.45) is 3.62. The normalized spacial score (nSPS) is 16.9. The molecular weight excluding hydrogens is 366 g/mol. The summed E-state index contributed by atoms with van der Waals surface area (Å²) in [5.41, 5.74) is 2.62. The summed E-state index contributed by atoms with van der Waals surface area (Å²) in [5, 5.41) is 3.49. The monoisotopic (exact) mass is 383 g/mol. The second-order valence-electron chi connectivity index (χ2n) is 6.59. The molecule has 4 rings (SSSR count). The highest BCUT2D eigenvalue weighted by Crippen LogP contribution is 2.21. The Morgan fingerprint density at radius 1 is 1.30 bits per heavy atom. The summed E-state index contributed by atoms with van der Waals surface area (Å²) in [7, 11) is 0. The number of rotatable bonds is 5. The van der Waals surface area contributed by atoms with E-state index in [1.54, 1.807) is 29.4 Å². The van der Waals surface area contributed by atoms with Crippen molar-refractivity contribution in [2.24, 2.45) is 5.92 Å². The van der Waals surface area contributed by atoms with E-state index in [0.717, 1.165) is 16.6 Å². The highest BCUT2D eigenvalue weighted by molar-refractivity contribution is 6.31. The molecule has 3 aromatic rings. The van der Waals surface area contributed by atoms with Crippen LogP contribution in [0.25, 0.3) is 11.0 Å². The number of aromatic amines is 1. The van der Waals surface area contributed by atoms with Crippen LogP contribution in [0.4, 0.5) is 0 Å². The molecule has 27 heavy (non-hydrogen) atoms. The van der Waals surface area contributed by atoms with Gasteiger partial charge < -0.3 is 15.2 Å². The number of H-pyrrole nitrogens is 1. The predicted octanol–water partition coefficient (Wildman–Crippen LogP) is 2.28. The van der Waals surface area contributed by atoms with E-state index in [0.29, 0.717) is 23.9 Å². The lowest BCUT2D eigenvalue weighted by atomic mass is 10.1. The number of hydrogen-bond donors (Lipinski definition) is 2. The number of halogens is 1. The first kappa shape index (κ1) is 17.5. The molecule has 1 aliphatic heterocycles. The van der Waals surface area contributed by atoms with Crippen molar-refractivity contribution in [3.63, 3.8) is 0 Å². The Morgan fingerprint density at radius 3 is 2.93 bits per heavy atom. The Labute approximate surface area is 160 Å². The van der Waals surface area contributed by atoms with Gasteiger partial charge in [0.25, 0.3) is 0 Å². The Bertz CT molecular complexity index is 988. The minimum atomic E-state index is -0.349. The number of likely N-dealkylation sites (tertiary alicyclic amines) is 1. The van der Waals surface area contributed by atoms with E-state index < -0.39 is 0 Å². The lowest BCUT2D eigenvalue weighted by Gasteiger charge is -2.16. The minimum absolute atomic E-state index is 0.00894. The molecule has 0 aliphatic carbocycles. The van der Waals surface area contributed by atoms with Gasteiger partial charge in [0, 0.05) is 36.9 Å². The number of carbonyl (C=O) groups is 2. The van der Waals surface area contributed by atoms with Gasteiger partial charge >= 0.3 is 0 Å². The molecule has 0 radical (unpaired) electrons. The molecule has 0 spiro atoms. The van der Waals surface area contributed by atoms with E-state index in [2.05, 4.69) is 20.3 Å². The topological polar surface area (TPSA) is 91.0 Å². The quantitative estimate of drug-likeness (QED) is 0.707. The number of aromatic nitrogens is 3. The molecule has 2 aromatic heterocycles. The Hall–Kier alpha value is -2.93. The molecule has 1 aromatic carbocycles. The molecule has 3 heterocycles. The first-order valence-corrected chi connectivity index (χ1v) is 9.05. The number of hydrogen-bond acceptors (Lipinski definition) is 4. The molecule has 1 fully saturated rings. The Balaban J connectivity index is 1.34. The Kier molecular flexibility index (Phi) is 4.77. The van der Waals surface area contributed by atoms with E-state index in [1.165, 1.54) is 0 Å². The fourth-order valence-corrected chi connectivity index (χ4v) is 3.41. The predicted molar refractivity (Wildman–Crippen MR) is 101 cm³/mol. The van der Waals surface area contributed by atoms with Crippen molar-refractivity contribution in [1.82, 2.24) is 25.2 Å². The molecule has 1 aliphatic rings. The van der Waals surface area contributed by atoms with Crippen LogP contribution in [0.15, 0.2) is 42.7 Å². The van der Waals surface area contributed by atoms with Gasteiger partial charge in [0.05, 0.1) is 23.5 Å². The zero-order valence-corrected chi connectivity index (χ0v) is 15.2. The summed E-state index contributed by atoms with van der Waals surface area (Å²) >= 11 is 5.97. The zero-order chi connectivity index (χ0) is 18.8. The van der Waals surface area contributed by atoms with Gasteiger partial charge in [0.2, 0.25) is 11.8 Å². The zero-order valence-electron chi connectivity index (χ0n) is 14.5. The highest BCUT2D eigenvalue weighted by atomic mass is 35.5. The number of nitrogens with one attached hydrogen (secondary N) is 2. The van der Waals surface area contributed by atoms with Crippen LogP contribution < -0.4 is 5.32 Å². The third kappa shape index (κ3) is 3.93. The average Bonchev–Trinajstić information content (AvgIpc) is 3.23. The molecule has 1 saturated heterocycles. The van der Waals surface area contributed by atoms with Crippen molar-refractivity contribution in [1.29, 1.82) is 0 Å². The molecule has 2 N–H and O–H groups in total. The van der Waals surface area contributed by atoms with E-state index in [9.17, 15) is 9.59 Å². The van der Waals surface area contributed by atoms with Crippen molar-refractivity contribution in [3.05, 3.63) is 59.1 Å². The van der Waals surface area contributed by atoms with Gasteiger partial charge in [0.15, 0.2) is 0 Å². The number of nitrogens with zero attached hydrogens (tertiary/aromatic N) is 3. The van der Waals surface area contributed by atoms with E-state index >= 15 is 0 Å². The third-order valence-electron chi connectivity index (χ3n) is 4.63. The summed E-state index contributed by atoms with van der Waals surface area (Å²) in [4.78, 5) is 37.9. The molecule has 0 saturated carbocycles. The van der Waals surface area contributed by atoms with Crippen molar-refractivity contribution in [2.75, 3.05) is 6.54 Å². The van der Waals surface area contributed by atoms with E-state index in [-0.39, 0.29) is 30.7 Å². The lowest BCUT2D eigenvalue weighted by molar-refractivity contribution is -0.129. The van der Waals surface area contributed by atoms with Crippen LogP contribution in [0.2, 0.25) is 5.02 Å². The molecule has 2 amide bonds. The van der Waals surface area contributed by atoms with Crippen molar-refractivity contribution < 1.29 is 9.59 Å². The van der Waals surface area contributed by atoms with Gasteiger partial charge in [0.1, 0.15) is 5.82 Å². The standard InChI is InChI=1S/C19H18ClN5O2/c20-14-1-2-15-16(8-14)24-17(23-15)9-22-19(27)13-7-18(26)25(11-13)10-12-3-5-21-6-4-12/h1-6,8,13H,7,9-11H2,(H,22,27)(H,23,24). The number of imidazole rings is 1. The fourth-order valence-electron chi connectivity index (χ4n) is 3.24. The SMILES string of the molecule is O=C(NCc1nc2ccc(Cl)cc2[nH]1)C1CC(=O)N(Cc2ccncc2)C1. The number of fused-ring (bicyclic) bond motifs is 1. The Morgan fingerprint density at radius 2 is 2.11 bits per heavy atom. The smallest absolute Gasteiger partial charge is 0.225 e. The molecule has 7 nitrogen and oxygen atoms in total. The van der Waals surface area contributed by atoms with Crippen LogP contribution >= 0.6 is 11.6 Å². The number of amides is 2. The number of benzene rings is 1. The lowest BCUT2D eigenvalue weighted by Crippen LogP contribution is -2.32. The average molecular weight is 384 g/mol. The first-order chi connectivity index (χ1) is 13.1. The van der Waals surface area contributed by atoms with Crippen molar-refractivity contribution >= 4 is 34.4 Å². The van der Waals surface area contributed by atoms with Crippen LogP contribution in [0.1, 0.15) is 17.8 Å². The maximum Gasteiger partial charge on any atom is 0.225 e. The third-order valence-corrected chi connectivity index (χ3v) is 4.87. The maximum atomic E-state index is 12.5. The van der Waals surface area contributed by atoms with Gasteiger partial charge in [-0.15, -0.1) is 0 Å². The van der Waals surface area contributed by atoms with Crippen LogP contribution in [0.3, 0.4) is 0 Å². The number of carbonyl (C=O) groups excluding carboxylic acids is 2. The van der Waals surface area contributed by atoms with Gasteiger partial charge in [-0.1, -0.05) is 11.6 Å². The van der Waals surface area contributed by atoms with Gasteiger partial charge in [-0.3, -0.25) is 14.6 Å². The largest absolute Gasteiger partial charge is 0.349 e. The highest BCUT2D eigenvalue weighted by Gasteiger charge is 2.34. The molecule has 1 unspecified atom stereocenters. The van der Waals surface area contributed by atoms with Crippen LogP contribution in [0, 0.1) is 5.92 Å². The van der Waals surface area contributed by atoms with E-state index in [4.69, 9.17) is 11.6 Å². The molecule has 0 bridgehead atoms. The van der Waals surface area contributed by atoms with Crippen LogP contribution in [-0.2, 0) is 22.7 Å². The van der Waals surface area contributed by atoms with Crippen molar-refractivity contribution in [2.45, 2.75) is 19.5 Å². The molecule has 8 heteroatoms. The van der Waals surface area contributed by atoms with Crippen LogP contribution in [-0.4, -0.2) is 38.2 Å². The minimum Gasteiger partial charge on any atom is -0.349 e. The van der Waals surface area contributed by atoms with E-state index in [1.807, 2.05) is 18.2 Å². The van der Waals surface area contributed by atoms with Gasteiger partial charge in [-0.2, -0.15) is 0 Å². The number of pyridine rings is 1. The van der Waals surface area contributed by atoms with Crippen LogP contribution in [0.5, 0.6) is 0 Å². The summed E-state index contributed by atoms with van der Waals surface area (Å²) in [5.74, 6) is 0.154. The summed E-state index contributed by atoms with van der Waals surface area (Å²) in [6.45, 7) is 1.19. The van der Waals surface area contributed by atoms with Gasteiger partial charge in [-0.25, -0.2) is 4.98 Å². The molecule has 138 valence electrons. The second kappa shape index (κ2) is 7.36. The first-order valence-electron chi connectivity index (χ1n) is 8.67. The second-order valence-corrected chi connectivity index (χ2v) is 7.03. The molecular formula is C19H18ClN5O2. The fraction of sp³-hybridized carbons (Fsp3) is 0.263. The molecule has 1 atom stereocenters. The summed E-state index contributed by atoms with van der Waals surface area (Å²) in [6, 6.07) is 9.13. The summed E-state index contributed by atoms with van der Waals surface area (Å²) < 4.78 is 0.